The third kappa shape index (κ3) is 4.32. The fraction of sp³-hybridized carbons (Fsp3) is 0.692. The molecule has 34 heavy (non-hydrogen) atoms. The molecule has 0 radical (unpaired) electrons. The molecule has 186 valence electrons. The third-order valence-corrected chi connectivity index (χ3v) is 8.48. The molecule has 3 amide bonds. The molecule has 3 aliphatic heterocycles. The Morgan fingerprint density at radius 1 is 0.971 bits per heavy atom. The van der Waals surface area contributed by atoms with E-state index in [4.69, 9.17) is 4.74 Å². The van der Waals surface area contributed by atoms with Gasteiger partial charge in [0.25, 0.3) is 0 Å². The third-order valence-electron chi connectivity index (χ3n) is 8.48. The number of benzene rings is 1. The Labute approximate surface area is 202 Å². The molecule has 1 spiro atoms. The Balaban J connectivity index is 1.19. The van der Waals surface area contributed by atoms with Crippen LogP contribution in [0.25, 0.3) is 0 Å². The summed E-state index contributed by atoms with van der Waals surface area (Å²) in [6, 6.07) is 8.35. The maximum Gasteiger partial charge on any atom is 0.320 e. The summed E-state index contributed by atoms with van der Waals surface area (Å²) in [5, 5.41) is 9.84. The van der Waals surface area contributed by atoms with Crippen LogP contribution < -0.4 is 9.64 Å². The summed E-state index contributed by atoms with van der Waals surface area (Å²) in [6.45, 7) is 4.95. The lowest BCUT2D eigenvalue weighted by molar-refractivity contribution is -0.141. The second-order valence-corrected chi connectivity index (χ2v) is 10.4. The molecule has 1 saturated carbocycles. The number of piperidine rings is 1. The van der Waals surface area contributed by atoms with Crippen LogP contribution in [-0.2, 0) is 4.79 Å². The van der Waals surface area contributed by atoms with Crippen molar-refractivity contribution in [3.63, 3.8) is 0 Å². The fourth-order valence-electron chi connectivity index (χ4n) is 6.47. The maximum absolute atomic E-state index is 13.6. The molecule has 8 nitrogen and oxygen atoms in total. The normalized spacial score (nSPS) is 30.2. The van der Waals surface area contributed by atoms with E-state index in [9.17, 15) is 14.7 Å². The van der Waals surface area contributed by atoms with Crippen LogP contribution in [0.15, 0.2) is 24.3 Å². The van der Waals surface area contributed by atoms with Gasteiger partial charge in [-0.05, 0) is 57.1 Å². The lowest BCUT2D eigenvalue weighted by atomic mass is 9.78. The van der Waals surface area contributed by atoms with Gasteiger partial charge in [-0.3, -0.25) is 4.79 Å². The van der Waals surface area contributed by atoms with Gasteiger partial charge in [0.1, 0.15) is 5.75 Å². The number of hydrogen-bond acceptors (Lipinski definition) is 5. The van der Waals surface area contributed by atoms with Crippen molar-refractivity contribution in [1.82, 2.24) is 14.7 Å². The van der Waals surface area contributed by atoms with Crippen LogP contribution in [0.1, 0.15) is 44.9 Å². The molecule has 8 heteroatoms. The first-order chi connectivity index (χ1) is 16.5. The number of aliphatic hydroxyl groups is 1. The van der Waals surface area contributed by atoms with Crippen LogP contribution >= 0.6 is 0 Å². The lowest BCUT2D eigenvalue weighted by Crippen LogP contribution is -2.57. The molecule has 1 atom stereocenters. The average molecular weight is 471 g/mol. The van der Waals surface area contributed by atoms with Crippen LogP contribution in [-0.4, -0.2) is 96.8 Å². The number of piperazine rings is 1. The molecule has 1 aliphatic carbocycles. The smallest absolute Gasteiger partial charge is 0.320 e. The number of rotatable bonds is 3. The summed E-state index contributed by atoms with van der Waals surface area (Å²) in [6.07, 6.45) is 5.74. The van der Waals surface area contributed by atoms with Crippen molar-refractivity contribution in [2.75, 3.05) is 57.8 Å². The highest BCUT2D eigenvalue weighted by molar-refractivity contribution is 5.86. The van der Waals surface area contributed by atoms with Gasteiger partial charge < -0.3 is 29.4 Å². The van der Waals surface area contributed by atoms with Crippen LogP contribution in [0.3, 0.4) is 0 Å². The fourth-order valence-corrected chi connectivity index (χ4v) is 6.47. The van der Waals surface area contributed by atoms with Crippen LogP contribution in [0, 0.1) is 5.41 Å². The van der Waals surface area contributed by atoms with Gasteiger partial charge in [-0.2, -0.15) is 0 Å². The Morgan fingerprint density at radius 3 is 2.44 bits per heavy atom. The molecule has 5 rings (SSSR count). The number of para-hydroxylation sites is 2. The van der Waals surface area contributed by atoms with E-state index in [2.05, 4.69) is 15.9 Å². The number of ether oxygens (including phenoxy) is 1. The van der Waals surface area contributed by atoms with Gasteiger partial charge in [0.05, 0.1) is 24.3 Å². The van der Waals surface area contributed by atoms with Crippen molar-refractivity contribution in [2.45, 2.75) is 57.1 Å². The Kier molecular flexibility index (Phi) is 6.60. The molecular weight excluding hydrogens is 432 g/mol. The number of methoxy groups -OCH3 is 1. The van der Waals surface area contributed by atoms with Crippen molar-refractivity contribution in [3.8, 4) is 5.75 Å². The topological polar surface area (TPSA) is 76.6 Å². The van der Waals surface area contributed by atoms with Gasteiger partial charge in [-0.25, -0.2) is 4.79 Å². The molecule has 4 aliphatic rings. The largest absolute Gasteiger partial charge is 0.495 e. The molecule has 0 bridgehead atoms. The molecule has 1 aromatic carbocycles. The second-order valence-electron chi connectivity index (χ2n) is 10.4. The van der Waals surface area contributed by atoms with E-state index in [0.29, 0.717) is 19.6 Å². The number of anilines is 1. The first-order valence-electron chi connectivity index (χ1n) is 12.9. The van der Waals surface area contributed by atoms with E-state index in [-0.39, 0.29) is 24.1 Å². The minimum atomic E-state index is -0.413. The van der Waals surface area contributed by atoms with Gasteiger partial charge in [-0.15, -0.1) is 0 Å². The Morgan fingerprint density at radius 2 is 1.71 bits per heavy atom. The number of likely N-dealkylation sites (tertiary alicyclic amines) is 2. The zero-order valence-electron chi connectivity index (χ0n) is 20.3. The summed E-state index contributed by atoms with van der Waals surface area (Å²) < 4.78 is 5.51. The van der Waals surface area contributed by atoms with Crippen molar-refractivity contribution < 1.29 is 19.4 Å². The molecule has 0 unspecified atom stereocenters. The molecule has 4 fully saturated rings. The highest BCUT2D eigenvalue weighted by atomic mass is 16.5. The number of nitrogens with zero attached hydrogens (tertiary/aromatic N) is 4. The number of carbonyl (C=O) groups is 2. The van der Waals surface area contributed by atoms with Gasteiger partial charge in [0, 0.05) is 51.9 Å². The predicted octanol–water partition coefficient (Wildman–Crippen LogP) is 2.56. The van der Waals surface area contributed by atoms with Crippen molar-refractivity contribution in [3.05, 3.63) is 24.3 Å². The summed E-state index contributed by atoms with van der Waals surface area (Å²) >= 11 is 0. The van der Waals surface area contributed by atoms with Crippen molar-refractivity contribution in [2.24, 2.45) is 5.41 Å². The highest BCUT2D eigenvalue weighted by Crippen LogP contribution is 2.42. The predicted molar refractivity (Wildman–Crippen MR) is 130 cm³/mol. The first kappa shape index (κ1) is 23.3. The zero-order chi connectivity index (χ0) is 23.7. The number of aliphatic hydroxyl groups excluding tert-OH is 1. The lowest BCUT2D eigenvalue weighted by Gasteiger charge is -2.43. The number of urea groups is 1. The standard InChI is InChI=1S/C26H38N4O4/c1-34-23-6-3-2-5-22(23)27-15-17-28(18-16-27)25(33)29-13-4-11-26(19-29)12-14-30(24(26)32)20-7-9-21(31)10-8-20/h2-3,5-6,20-21,31H,4,7-19H2,1H3/t20-,21-,26-/m1/s1. The van der Waals surface area contributed by atoms with E-state index in [1.807, 2.05) is 28.0 Å². The number of amides is 3. The molecule has 3 heterocycles. The second kappa shape index (κ2) is 9.64. The molecule has 0 aromatic heterocycles. The summed E-state index contributed by atoms with van der Waals surface area (Å²) in [5.74, 6) is 1.10. The van der Waals surface area contributed by atoms with Crippen LogP contribution in [0.4, 0.5) is 10.5 Å². The minimum Gasteiger partial charge on any atom is -0.495 e. The first-order valence-corrected chi connectivity index (χ1v) is 12.9. The van der Waals surface area contributed by atoms with E-state index in [0.717, 1.165) is 82.6 Å². The van der Waals surface area contributed by atoms with Gasteiger partial charge >= 0.3 is 6.03 Å². The minimum absolute atomic E-state index is 0.0748. The van der Waals surface area contributed by atoms with Crippen LogP contribution in [0.2, 0.25) is 0 Å². The number of hydrogen-bond donors (Lipinski definition) is 1. The van der Waals surface area contributed by atoms with Gasteiger partial charge in [0.2, 0.25) is 5.91 Å². The number of carbonyl (C=O) groups excluding carboxylic acids is 2. The summed E-state index contributed by atoms with van der Waals surface area (Å²) in [4.78, 5) is 35.2. The van der Waals surface area contributed by atoms with E-state index in [1.165, 1.54) is 0 Å². The highest BCUT2D eigenvalue weighted by Gasteiger charge is 2.51. The SMILES string of the molecule is COc1ccccc1N1CCN(C(=O)N2CCC[C@@]3(CCN([C@H]4CC[C@H](O)CC4)C3=O)C2)CC1. The maximum atomic E-state index is 13.6. The van der Waals surface area contributed by atoms with Crippen molar-refractivity contribution in [1.29, 1.82) is 0 Å². The molecule has 1 N–H and O–H groups in total. The molecular formula is C26H38N4O4. The Bertz CT molecular complexity index is 895. The van der Waals surface area contributed by atoms with E-state index in [1.54, 1.807) is 7.11 Å². The molecule has 1 aromatic rings. The van der Waals surface area contributed by atoms with E-state index >= 15 is 0 Å². The van der Waals surface area contributed by atoms with Gasteiger partial charge in [-0.1, -0.05) is 12.1 Å². The van der Waals surface area contributed by atoms with Crippen molar-refractivity contribution >= 4 is 17.6 Å². The average Bonchev–Trinajstić information content (AvgIpc) is 3.19. The monoisotopic (exact) mass is 470 g/mol. The zero-order valence-corrected chi connectivity index (χ0v) is 20.3. The summed E-state index contributed by atoms with van der Waals surface area (Å²) in [7, 11) is 1.69. The van der Waals surface area contributed by atoms with Gasteiger partial charge in [0.15, 0.2) is 0 Å². The van der Waals surface area contributed by atoms with Crippen LogP contribution in [0.5, 0.6) is 5.75 Å². The summed E-state index contributed by atoms with van der Waals surface area (Å²) in [5.41, 5.74) is 0.657. The van der Waals surface area contributed by atoms with E-state index < -0.39 is 5.41 Å². The quantitative estimate of drug-likeness (QED) is 0.735. The Hall–Kier alpha value is -2.48. The molecule has 3 saturated heterocycles.